The second-order valence-electron chi connectivity index (χ2n) is 4.20. The van der Waals surface area contributed by atoms with Gasteiger partial charge in [0, 0.05) is 27.1 Å². The fourth-order valence-corrected chi connectivity index (χ4v) is 2.50. The zero-order chi connectivity index (χ0) is 13.4. The number of aromatic amines is 1. The molecule has 0 aliphatic carbocycles. The summed E-state index contributed by atoms with van der Waals surface area (Å²) in [6, 6.07) is 11.8. The van der Waals surface area contributed by atoms with Crippen LogP contribution in [0.3, 0.4) is 0 Å². The van der Waals surface area contributed by atoms with Gasteiger partial charge < -0.3 is 4.98 Å². The van der Waals surface area contributed by atoms with Crippen molar-refractivity contribution in [1.29, 1.82) is 0 Å². The Kier molecular flexibility index (Phi) is 2.95. The first kappa shape index (κ1) is 12.1. The van der Waals surface area contributed by atoms with Crippen molar-refractivity contribution in [1.82, 2.24) is 4.98 Å². The van der Waals surface area contributed by atoms with E-state index in [0.717, 1.165) is 4.47 Å². The lowest BCUT2D eigenvalue weighted by atomic mass is 10.0. The number of H-pyrrole nitrogens is 1. The first-order valence-corrected chi connectivity index (χ1v) is 6.52. The molecule has 0 aliphatic heterocycles. The number of carbonyl (C=O) groups is 1. The van der Waals surface area contributed by atoms with E-state index in [-0.39, 0.29) is 5.78 Å². The van der Waals surface area contributed by atoms with Crippen molar-refractivity contribution >= 4 is 32.6 Å². The molecule has 0 saturated heterocycles. The molecule has 0 saturated carbocycles. The Bertz CT molecular complexity index is 779. The van der Waals surface area contributed by atoms with E-state index in [0.29, 0.717) is 22.0 Å². The predicted octanol–water partition coefficient (Wildman–Crippen LogP) is 4.30. The lowest BCUT2D eigenvalue weighted by Crippen LogP contribution is -2.00. The maximum Gasteiger partial charge on any atom is 0.195 e. The number of ketones is 1. The van der Waals surface area contributed by atoms with E-state index in [4.69, 9.17) is 0 Å². The minimum absolute atomic E-state index is 0.197. The predicted molar refractivity (Wildman–Crippen MR) is 75.8 cm³/mol. The van der Waals surface area contributed by atoms with Gasteiger partial charge in [0.1, 0.15) is 5.82 Å². The molecule has 0 radical (unpaired) electrons. The van der Waals surface area contributed by atoms with Gasteiger partial charge in [-0.25, -0.2) is 4.39 Å². The van der Waals surface area contributed by atoms with Gasteiger partial charge in [-0.3, -0.25) is 4.79 Å². The van der Waals surface area contributed by atoms with Gasteiger partial charge in [0.05, 0.1) is 5.56 Å². The number of rotatable bonds is 2. The molecule has 0 unspecified atom stereocenters. The Morgan fingerprint density at radius 1 is 1.16 bits per heavy atom. The van der Waals surface area contributed by atoms with Crippen molar-refractivity contribution < 1.29 is 9.18 Å². The maximum absolute atomic E-state index is 13.9. The molecular formula is C15H9BrFNO. The van der Waals surface area contributed by atoms with Crippen LogP contribution in [0.4, 0.5) is 4.39 Å². The second kappa shape index (κ2) is 4.63. The molecule has 1 N–H and O–H groups in total. The Labute approximate surface area is 117 Å². The van der Waals surface area contributed by atoms with E-state index in [1.807, 2.05) is 6.07 Å². The van der Waals surface area contributed by atoms with Gasteiger partial charge >= 0.3 is 0 Å². The van der Waals surface area contributed by atoms with Crippen LogP contribution in [0.5, 0.6) is 0 Å². The standard InChI is InChI=1S/C15H9BrFNO/c16-10-4-1-3-9(7-10)15(19)11-8-18-13-6-2-5-12(17)14(11)13/h1-8,18H. The third-order valence-electron chi connectivity index (χ3n) is 2.99. The second-order valence-corrected chi connectivity index (χ2v) is 5.12. The smallest absolute Gasteiger partial charge is 0.195 e. The molecule has 2 nitrogen and oxygen atoms in total. The van der Waals surface area contributed by atoms with E-state index in [1.165, 1.54) is 6.07 Å². The molecule has 1 aromatic heterocycles. The summed E-state index contributed by atoms with van der Waals surface area (Å²) in [6.07, 6.45) is 1.55. The molecular weight excluding hydrogens is 309 g/mol. The number of nitrogens with one attached hydrogen (secondary N) is 1. The van der Waals surface area contributed by atoms with Gasteiger partial charge in [-0.1, -0.05) is 34.1 Å². The van der Waals surface area contributed by atoms with Gasteiger partial charge in [0.15, 0.2) is 5.78 Å². The van der Waals surface area contributed by atoms with Crippen LogP contribution in [0.2, 0.25) is 0 Å². The van der Waals surface area contributed by atoms with Crippen molar-refractivity contribution in [2.45, 2.75) is 0 Å². The van der Waals surface area contributed by atoms with Crippen molar-refractivity contribution in [2.75, 3.05) is 0 Å². The molecule has 94 valence electrons. The van der Waals surface area contributed by atoms with E-state index in [1.54, 1.807) is 36.5 Å². The molecule has 0 amide bonds. The third kappa shape index (κ3) is 2.08. The van der Waals surface area contributed by atoms with Crippen LogP contribution in [0.15, 0.2) is 53.1 Å². The zero-order valence-electron chi connectivity index (χ0n) is 9.78. The van der Waals surface area contributed by atoms with Crippen molar-refractivity contribution in [3.63, 3.8) is 0 Å². The van der Waals surface area contributed by atoms with Gasteiger partial charge in [-0.2, -0.15) is 0 Å². The van der Waals surface area contributed by atoms with E-state index in [9.17, 15) is 9.18 Å². The van der Waals surface area contributed by atoms with Crippen LogP contribution in [0.1, 0.15) is 15.9 Å². The highest BCUT2D eigenvalue weighted by Gasteiger charge is 2.16. The van der Waals surface area contributed by atoms with Crippen LogP contribution >= 0.6 is 15.9 Å². The third-order valence-corrected chi connectivity index (χ3v) is 3.48. The van der Waals surface area contributed by atoms with Crippen molar-refractivity contribution in [2.24, 2.45) is 0 Å². The average molecular weight is 318 g/mol. The van der Waals surface area contributed by atoms with Gasteiger partial charge in [0.2, 0.25) is 0 Å². The largest absolute Gasteiger partial charge is 0.360 e. The topological polar surface area (TPSA) is 32.9 Å². The molecule has 1 heterocycles. The Morgan fingerprint density at radius 3 is 2.74 bits per heavy atom. The summed E-state index contributed by atoms with van der Waals surface area (Å²) in [5.41, 5.74) is 1.50. The average Bonchev–Trinajstić information content (AvgIpc) is 2.83. The highest BCUT2D eigenvalue weighted by atomic mass is 79.9. The molecule has 4 heteroatoms. The molecule has 3 rings (SSSR count). The number of hydrogen-bond acceptors (Lipinski definition) is 1. The molecule has 0 atom stereocenters. The quantitative estimate of drug-likeness (QED) is 0.702. The van der Waals surface area contributed by atoms with E-state index < -0.39 is 5.82 Å². The summed E-state index contributed by atoms with van der Waals surface area (Å²) in [6.45, 7) is 0. The number of fused-ring (bicyclic) bond motifs is 1. The van der Waals surface area contributed by atoms with Crippen molar-refractivity contribution in [3.05, 3.63) is 70.1 Å². The summed E-state index contributed by atoms with van der Waals surface area (Å²) in [5.74, 6) is -0.588. The molecule has 0 spiro atoms. The number of aromatic nitrogens is 1. The lowest BCUT2D eigenvalue weighted by molar-refractivity contribution is 0.104. The van der Waals surface area contributed by atoms with Gasteiger partial charge in [-0.05, 0) is 24.3 Å². The SMILES string of the molecule is O=C(c1cccc(Br)c1)c1c[nH]c2cccc(F)c12. The van der Waals surface area contributed by atoms with Crippen LogP contribution in [0.25, 0.3) is 10.9 Å². The fourth-order valence-electron chi connectivity index (χ4n) is 2.10. The normalized spacial score (nSPS) is 10.8. The molecule has 0 fully saturated rings. The summed E-state index contributed by atoms with van der Waals surface area (Å²) in [4.78, 5) is 15.3. The molecule has 0 aliphatic rings. The molecule has 0 bridgehead atoms. The maximum atomic E-state index is 13.9. The van der Waals surface area contributed by atoms with Crippen molar-refractivity contribution in [3.8, 4) is 0 Å². The number of halogens is 2. The van der Waals surface area contributed by atoms with Crippen LogP contribution in [-0.4, -0.2) is 10.8 Å². The molecule has 3 aromatic rings. The Morgan fingerprint density at radius 2 is 1.95 bits per heavy atom. The first-order valence-electron chi connectivity index (χ1n) is 5.72. The van der Waals surface area contributed by atoms with Crippen LogP contribution in [0, 0.1) is 5.82 Å². The minimum Gasteiger partial charge on any atom is -0.360 e. The number of benzene rings is 2. The number of carbonyl (C=O) groups excluding carboxylic acids is 1. The Balaban J connectivity index is 2.17. The van der Waals surface area contributed by atoms with E-state index >= 15 is 0 Å². The summed E-state index contributed by atoms with van der Waals surface area (Å²) in [7, 11) is 0. The fraction of sp³-hybridized carbons (Fsp3) is 0. The molecule has 2 aromatic carbocycles. The van der Waals surface area contributed by atoms with Crippen LogP contribution in [-0.2, 0) is 0 Å². The summed E-state index contributed by atoms with van der Waals surface area (Å²) in [5, 5.41) is 0.340. The Hall–Kier alpha value is -1.94. The monoisotopic (exact) mass is 317 g/mol. The van der Waals surface area contributed by atoms with Gasteiger partial charge in [0.25, 0.3) is 0 Å². The lowest BCUT2D eigenvalue weighted by Gasteiger charge is -2.01. The highest BCUT2D eigenvalue weighted by Crippen LogP contribution is 2.24. The first-order chi connectivity index (χ1) is 9.16. The summed E-state index contributed by atoms with van der Waals surface area (Å²) < 4.78 is 14.7. The number of hydrogen-bond donors (Lipinski definition) is 1. The molecule has 19 heavy (non-hydrogen) atoms. The van der Waals surface area contributed by atoms with E-state index in [2.05, 4.69) is 20.9 Å². The summed E-state index contributed by atoms with van der Waals surface area (Å²) >= 11 is 3.32. The highest BCUT2D eigenvalue weighted by molar-refractivity contribution is 9.10. The van der Waals surface area contributed by atoms with Crippen LogP contribution < -0.4 is 0 Å². The zero-order valence-corrected chi connectivity index (χ0v) is 11.4. The minimum atomic E-state index is -0.392. The van der Waals surface area contributed by atoms with Gasteiger partial charge in [-0.15, -0.1) is 0 Å².